The average molecular weight is 319 g/mol. The predicted octanol–water partition coefficient (Wildman–Crippen LogP) is 4.08. The summed E-state index contributed by atoms with van der Waals surface area (Å²) in [4.78, 5) is 19.0. The van der Waals surface area contributed by atoms with Crippen LogP contribution in [0.5, 0.6) is 0 Å². The Balaban J connectivity index is 2.03. The lowest BCUT2D eigenvalue weighted by molar-refractivity contribution is 0.0138. The van der Waals surface area contributed by atoms with Crippen LogP contribution in [0, 0.1) is 0 Å². The summed E-state index contributed by atoms with van der Waals surface area (Å²) in [6.07, 6.45) is 0.623. The van der Waals surface area contributed by atoms with Gasteiger partial charge in [-0.2, -0.15) is 0 Å². The van der Waals surface area contributed by atoms with E-state index in [9.17, 15) is 4.79 Å². The number of carbonyl (C=O) groups excluding carboxylic acids is 1. The summed E-state index contributed by atoms with van der Waals surface area (Å²) < 4.78 is 5.70. The summed E-state index contributed by atoms with van der Waals surface area (Å²) >= 11 is 6.26. The van der Waals surface area contributed by atoms with Crippen LogP contribution in [0.1, 0.15) is 39.7 Å². The minimum Gasteiger partial charge on any atom is -0.441 e. The lowest BCUT2D eigenvalue weighted by Crippen LogP contribution is -2.63. The van der Waals surface area contributed by atoms with Crippen LogP contribution in [0.2, 0.25) is 5.02 Å². The minimum atomic E-state index is -0.596. The molecule has 3 aliphatic rings. The van der Waals surface area contributed by atoms with E-state index in [-0.39, 0.29) is 11.5 Å². The van der Waals surface area contributed by atoms with Gasteiger partial charge in [0.1, 0.15) is 5.60 Å². The van der Waals surface area contributed by atoms with E-state index in [0.29, 0.717) is 11.6 Å². The van der Waals surface area contributed by atoms with E-state index in [1.54, 1.807) is 0 Å². The van der Waals surface area contributed by atoms with Crippen LogP contribution in [0.25, 0.3) is 0 Å². The number of benzene rings is 1. The van der Waals surface area contributed by atoms with Gasteiger partial charge in [-0.15, -0.1) is 0 Å². The molecule has 2 saturated heterocycles. The average Bonchev–Trinajstić information content (AvgIpc) is 2.95. The van der Waals surface area contributed by atoms with Crippen molar-refractivity contribution in [3.05, 3.63) is 28.8 Å². The fourth-order valence-corrected chi connectivity index (χ4v) is 4.98. The van der Waals surface area contributed by atoms with Crippen LogP contribution in [-0.4, -0.2) is 34.4 Å². The molecule has 1 spiro atoms. The molecule has 3 aliphatic heterocycles. The predicted molar refractivity (Wildman–Crippen MR) is 86.2 cm³/mol. The van der Waals surface area contributed by atoms with Gasteiger partial charge in [0.2, 0.25) is 0 Å². The molecule has 3 heterocycles. The Hall–Kier alpha value is -1.55. The summed E-state index contributed by atoms with van der Waals surface area (Å²) in [5, 5.41) is 0.702. The first-order chi connectivity index (χ1) is 10.2. The minimum absolute atomic E-state index is 0.229. The summed E-state index contributed by atoms with van der Waals surface area (Å²) in [6, 6.07) is 5.84. The van der Waals surface area contributed by atoms with Gasteiger partial charge in [-0.3, -0.25) is 9.89 Å². The number of rotatable bonds is 0. The molecule has 1 amide bonds. The molecule has 5 heteroatoms. The molecule has 0 aliphatic carbocycles. The van der Waals surface area contributed by atoms with E-state index in [0.717, 1.165) is 23.4 Å². The molecule has 4 rings (SSSR count). The maximum Gasteiger partial charge on any atom is 0.411 e. The Bertz CT molecular complexity index is 742. The molecule has 1 aromatic rings. The highest BCUT2D eigenvalue weighted by atomic mass is 35.5. The Labute approximate surface area is 135 Å². The van der Waals surface area contributed by atoms with E-state index in [4.69, 9.17) is 21.3 Å². The topological polar surface area (TPSA) is 41.9 Å². The van der Waals surface area contributed by atoms with E-state index >= 15 is 0 Å². The number of aliphatic imine (C=N–C) groups is 1. The van der Waals surface area contributed by atoms with Gasteiger partial charge in [-0.1, -0.05) is 11.6 Å². The first-order valence-corrected chi connectivity index (χ1v) is 7.98. The molecule has 2 unspecified atom stereocenters. The third-order valence-corrected chi connectivity index (χ3v) is 6.38. The number of ether oxygens (including phenoxy) is 1. The molecule has 2 fully saturated rings. The molecule has 22 heavy (non-hydrogen) atoms. The Morgan fingerprint density at radius 2 is 2.05 bits per heavy atom. The molecule has 2 atom stereocenters. The second-order valence-corrected chi connectivity index (χ2v) is 7.55. The summed E-state index contributed by atoms with van der Waals surface area (Å²) in [5.74, 6) is 0. The van der Waals surface area contributed by atoms with Crippen molar-refractivity contribution in [1.82, 2.24) is 4.90 Å². The van der Waals surface area contributed by atoms with E-state index in [1.807, 2.05) is 36.9 Å². The number of hydrogen-bond donors (Lipinski definition) is 0. The Morgan fingerprint density at radius 3 is 2.77 bits per heavy atom. The number of nitrogens with zero attached hydrogens (tertiary/aromatic N) is 2. The second kappa shape index (κ2) is 3.85. The van der Waals surface area contributed by atoms with Crippen LogP contribution < -0.4 is 0 Å². The van der Waals surface area contributed by atoms with Gasteiger partial charge in [0.25, 0.3) is 0 Å². The first kappa shape index (κ1) is 14.1. The normalized spacial score (nSPS) is 34.7. The van der Waals surface area contributed by atoms with Gasteiger partial charge in [-0.25, -0.2) is 4.79 Å². The monoisotopic (exact) mass is 318 g/mol. The van der Waals surface area contributed by atoms with E-state index in [1.165, 1.54) is 0 Å². The first-order valence-electron chi connectivity index (χ1n) is 7.60. The second-order valence-electron chi connectivity index (χ2n) is 7.12. The summed E-state index contributed by atoms with van der Waals surface area (Å²) in [6.45, 7) is 8.85. The number of hydrogen-bond acceptors (Lipinski definition) is 3. The molecule has 4 nitrogen and oxygen atoms in total. The fraction of sp³-hybridized carbons (Fsp3) is 0.529. The highest BCUT2D eigenvalue weighted by Gasteiger charge is 2.73. The number of fused-ring (bicyclic) bond motifs is 4. The van der Waals surface area contributed by atoms with Crippen molar-refractivity contribution in [1.29, 1.82) is 0 Å². The molecule has 1 aromatic carbocycles. The van der Waals surface area contributed by atoms with Gasteiger partial charge < -0.3 is 4.74 Å². The molecule has 0 radical (unpaired) electrons. The van der Waals surface area contributed by atoms with Gasteiger partial charge in [0, 0.05) is 17.3 Å². The molecule has 0 aromatic heterocycles. The third-order valence-electron chi connectivity index (χ3n) is 6.14. The maximum atomic E-state index is 12.3. The van der Waals surface area contributed by atoms with Crippen molar-refractivity contribution in [2.75, 3.05) is 6.54 Å². The van der Waals surface area contributed by atoms with Crippen molar-refractivity contribution in [3.63, 3.8) is 0 Å². The largest absolute Gasteiger partial charge is 0.441 e. The lowest BCUT2D eigenvalue weighted by atomic mass is 9.59. The highest BCUT2D eigenvalue weighted by molar-refractivity contribution is 6.30. The van der Waals surface area contributed by atoms with E-state index < -0.39 is 11.1 Å². The van der Waals surface area contributed by atoms with Crippen LogP contribution in [0.3, 0.4) is 0 Å². The quantitative estimate of drug-likeness (QED) is 0.723. The maximum absolute atomic E-state index is 12.3. The van der Waals surface area contributed by atoms with Gasteiger partial charge >= 0.3 is 6.09 Å². The molecule has 0 N–H and O–H groups in total. The standard InChI is InChI=1S/C17H19ClN2O2/c1-10-17(12-9-11(18)5-6-13(12)19-10)7-8-20-14(21)22-15(2,3)16(17,20)4/h5-6,9H,7-8H2,1-4H3. The van der Waals surface area contributed by atoms with Crippen molar-refractivity contribution in [2.45, 2.75) is 50.7 Å². The zero-order valence-electron chi connectivity index (χ0n) is 13.2. The van der Waals surface area contributed by atoms with Crippen LogP contribution in [-0.2, 0) is 10.2 Å². The molecular formula is C17H19ClN2O2. The van der Waals surface area contributed by atoms with E-state index in [2.05, 4.69) is 13.8 Å². The molecule has 0 bridgehead atoms. The number of amides is 1. The van der Waals surface area contributed by atoms with Crippen molar-refractivity contribution < 1.29 is 9.53 Å². The van der Waals surface area contributed by atoms with Crippen LogP contribution in [0.4, 0.5) is 10.5 Å². The SMILES string of the molecule is CC1=Nc2ccc(Cl)cc2C12CCN1C(=O)OC(C)(C)C12C. The van der Waals surface area contributed by atoms with Gasteiger partial charge in [-0.05, 0) is 57.9 Å². The molecule has 116 valence electrons. The number of halogens is 1. The highest BCUT2D eigenvalue weighted by Crippen LogP contribution is 2.61. The van der Waals surface area contributed by atoms with Crippen molar-refractivity contribution in [2.24, 2.45) is 4.99 Å². The summed E-state index contributed by atoms with van der Waals surface area (Å²) in [5.41, 5.74) is 1.72. The third kappa shape index (κ3) is 1.27. The van der Waals surface area contributed by atoms with Crippen LogP contribution in [0.15, 0.2) is 23.2 Å². The van der Waals surface area contributed by atoms with Crippen molar-refractivity contribution >= 4 is 29.1 Å². The van der Waals surface area contributed by atoms with Gasteiger partial charge in [0.05, 0.1) is 16.6 Å². The van der Waals surface area contributed by atoms with Crippen LogP contribution >= 0.6 is 11.6 Å². The number of carbonyl (C=O) groups is 1. The van der Waals surface area contributed by atoms with Crippen molar-refractivity contribution in [3.8, 4) is 0 Å². The summed E-state index contributed by atoms with van der Waals surface area (Å²) in [7, 11) is 0. The number of cyclic esters (lactones) is 1. The zero-order valence-corrected chi connectivity index (χ0v) is 14.0. The fourth-order valence-electron chi connectivity index (χ4n) is 4.81. The molecular weight excluding hydrogens is 300 g/mol. The van der Waals surface area contributed by atoms with Gasteiger partial charge in [0.15, 0.2) is 0 Å². The Kier molecular flexibility index (Phi) is 2.46. The molecule has 0 saturated carbocycles. The smallest absolute Gasteiger partial charge is 0.411 e. The lowest BCUT2D eigenvalue weighted by Gasteiger charge is -2.47. The zero-order chi connectivity index (χ0) is 15.9. The Morgan fingerprint density at radius 1 is 1.32 bits per heavy atom.